The number of hydrogen-bond acceptors (Lipinski definition) is 5. The van der Waals surface area contributed by atoms with Gasteiger partial charge in [0.2, 0.25) is 0 Å². The summed E-state index contributed by atoms with van der Waals surface area (Å²) in [6.45, 7) is 1.57. The van der Waals surface area contributed by atoms with E-state index in [0.717, 1.165) is 46.5 Å². The topological polar surface area (TPSA) is 60.0 Å². The Hall–Kier alpha value is -2.42. The molecule has 162 valence electrons. The number of nitrogens with one attached hydrogen (secondary N) is 1. The molecule has 1 N–H and O–H groups in total. The third-order valence-electron chi connectivity index (χ3n) is 5.20. The molecule has 1 unspecified atom stereocenters. The number of amides is 1. The Morgan fingerprint density at radius 3 is 2.81 bits per heavy atom. The molecule has 0 spiro atoms. The lowest BCUT2D eigenvalue weighted by Gasteiger charge is -2.18. The number of benzene rings is 2. The minimum absolute atomic E-state index is 0.0476. The van der Waals surface area contributed by atoms with Crippen molar-refractivity contribution in [1.82, 2.24) is 10.2 Å². The highest BCUT2D eigenvalue weighted by Gasteiger charge is 2.33. The Labute approximate surface area is 195 Å². The minimum atomic E-state index is -0.135. The Balaban J connectivity index is 1.49. The van der Waals surface area contributed by atoms with Crippen molar-refractivity contribution in [1.29, 1.82) is 0 Å². The smallest absolute Gasteiger partial charge is 0.276 e. The van der Waals surface area contributed by atoms with E-state index >= 15 is 0 Å². The van der Waals surface area contributed by atoms with Gasteiger partial charge in [-0.3, -0.25) is 9.69 Å². The zero-order valence-electron chi connectivity index (χ0n) is 17.1. The van der Waals surface area contributed by atoms with Crippen LogP contribution in [0.4, 0.5) is 0 Å². The molecule has 2 aliphatic heterocycles. The molecular formula is C23H23BrN2O4S. The molecule has 0 aromatic heterocycles. The second kappa shape index (κ2) is 9.80. The lowest BCUT2D eigenvalue weighted by atomic mass is 10.1. The maximum Gasteiger partial charge on any atom is 0.276 e. The van der Waals surface area contributed by atoms with Crippen molar-refractivity contribution in [3.63, 3.8) is 0 Å². The summed E-state index contributed by atoms with van der Waals surface area (Å²) in [6, 6.07) is 13.4. The van der Waals surface area contributed by atoms with E-state index in [2.05, 4.69) is 21.2 Å². The summed E-state index contributed by atoms with van der Waals surface area (Å²) in [5, 5.41) is 3.45. The van der Waals surface area contributed by atoms with Crippen LogP contribution in [-0.4, -0.2) is 42.3 Å². The molecule has 2 saturated heterocycles. The van der Waals surface area contributed by atoms with Crippen LogP contribution in [0.2, 0.25) is 0 Å². The van der Waals surface area contributed by atoms with Crippen molar-refractivity contribution >= 4 is 45.2 Å². The van der Waals surface area contributed by atoms with Gasteiger partial charge in [0.25, 0.3) is 5.91 Å². The lowest BCUT2D eigenvalue weighted by molar-refractivity contribution is -0.123. The molecule has 2 aromatic rings. The highest BCUT2D eigenvalue weighted by atomic mass is 79.9. The van der Waals surface area contributed by atoms with Crippen molar-refractivity contribution in [2.75, 3.05) is 20.3 Å². The Kier molecular flexibility index (Phi) is 6.89. The number of carbonyl (C=O) groups excluding carboxylic acids is 1. The third kappa shape index (κ3) is 5.26. The molecule has 2 aliphatic rings. The zero-order chi connectivity index (χ0) is 21.8. The van der Waals surface area contributed by atoms with E-state index in [9.17, 15) is 4.79 Å². The molecule has 4 rings (SSSR count). The van der Waals surface area contributed by atoms with Gasteiger partial charge in [-0.25, -0.2) is 0 Å². The van der Waals surface area contributed by atoms with Gasteiger partial charge in [0.05, 0.1) is 19.8 Å². The van der Waals surface area contributed by atoms with Crippen molar-refractivity contribution in [3.8, 4) is 11.5 Å². The van der Waals surface area contributed by atoms with E-state index in [-0.39, 0.29) is 12.0 Å². The number of carbonyl (C=O) groups is 1. The molecule has 31 heavy (non-hydrogen) atoms. The normalized spacial score (nSPS) is 19.7. The molecule has 0 radical (unpaired) electrons. The van der Waals surface area contributed by atoms with Gasteiger partial charge in [0, 0.05) is 16.6 Å². The van der Waals surface area contributed by atoms with Crippen LogP contribution in [0.3, 0.4) is 0 Å². The van der Waals surface area contributed by atoms with Crippen molar-refractivity contribution in [3.05, 3.63) is 63.8 Å². The number of thiocarbonyl (C=S) groups is 1. The van der Waals surface area contributed by atoms with Gasteiger partial charge in [0.1, 0.15) is 23.8 Å². The summed E-state index contributed by atoms with van der Waals surface area (Å²) in [5.41, 5.74) is 2.18. The fourth-order valence-electron chi connectivity index (χ4n) is 3.59. The fourth-order valence-corrected chi connectivity index (χ4v) is 4.12. The summed E-state index contributed by atoms with van der Waals surface area (Å²) in [4.78, 5) is 14.4. The molecule has 0 aliphatic carbocycles. The van der Waals surface area contributed by atoms with Gasteiger partial charge in [-0.15, -0.1) is 0 Å². The first kappa shape index (κ1) is 21.8. The Morgan fingerprint density at radius 2 is 2.10 bits per heavy atom. The molecule has 1 atom stereocenters. The van der Waals surface area contributed by atoms with Gasteiger partial charge >= 0.3 is 0 Å². The molecule has 0 bridgehead atoms. The van der Waals surface area contributed by atoms with E-state index in [0.29, 0.717) is 24.0 Å². The number of halogens is 1. The molecular weight excluding hydrogens is 480 g/mol. The second-order valence-electron chi connectivity index (χ2n) is 7.35. The SMILES string of the molecule is COc1ccc(/C=C2/NC(=S)N(CC3CCCO3)C2=O)cc1COc1ccc(Br)cc1. The van der Waals surface area contributed by atoms with Crippen LogP contribution in [0.15, 0.2) is 52.6 Å². The molecule has 2 heterocycles. The minimum Gasteiger partial charge on any atom is -0.496 e. The third-order valence-corrected chi connectivity index (χ3v) is 6.05. The highest BCUT2D eigenvalue weighted by molar-refractivity contribution is 9.10. The van der Waals surface area contributed by atoms with Crippen LogP contribution in [-0.2, 0) is 16.1 Å². The summed E-state index contributed by atoms with van der Waals surface area (Å²) < 4.78 is 18.0. The monoisotopic (exact) mass is 502 g/mol. The number of hydrogen-bond donors (Lipinski definition) is 1. The molecule has 6 nitrogen and oxygen atoms in total. The number of ether oxygens (including phenoxy) is 3. The van der Waals surface area contributed by atoms with Crippen molar-refractivity contribution in [2.24, 2.45) is 0 Å². The molecule has 0 saturated carbocycles. The summed E-state index contributed by atoms with van der Waals surface area (Å²) in [6.07, 6.45) is 3.82. The Morgan fingerprint density at radius 1 is 1.29 bits per heavy atom. The first-order valence-corrected chi connectivity index (χ1v) is 11.2. The van der Waals surface area contributed by atoms with Crippen LogP contribution in [0.25, 0.3) is 6.08 Å². The maximum absolute atomic E-state index is 12.9. The van der Waals surface area contributed by atoms with E-state index in [1.54, 1.807) is 18.1 Å². The van der Waals surface area contributed by atoms with Crippen molar-refractivity contribution < 1.29 is 19.0 Å². The van der Waals surface area contributed by atoms with Gasteiger partial charge in [-0.1, -0.05) is 22.0 Å². The first-order valence-electron chi connectivity index (χ1n) is 10.0. The van der Waals surface area contributed by atoms with Gasteiger partial charge in [-0.2, -0.15) is 0 Å². The largest absolute Gasteiger partial charge is 0.496 e. The standard InChI is InChI=1S/C23H23BrN2O4S/c1-28-21-9-4-15(11-16(21)14-30-18-7-5-17(24)6-8-18)12-20-22(27)26(23(31)25-20)13-19-3-2-10-29-19/h4-9,11-12,19H,2-3,10,13-14H2,1H3,(H,25,31)/b20-12+. The fraction of sp³-hybridized carbons (Fsp3) is 0.304. The summed E-state index contributed by atoms with van der Waals surface area (Å²) >= 11 is 8.79. The van der Waals surface area contributed by atoms with Gasteiger partial charge in [0.15, 0.2) is 5.11 Å². The van der Waals surface area contributed by atoms with Crippen LogP contribution >= 0.6 is 28.1 Å². The summed E-state index contributed by atoms with van der Waals surface area (Å²) in [7, 11) is 1.63. The van der Waals surface area contributed by atoms with Crippen LogP contribution < -0.4 is 14.8 Å². The number of methoxy groups -OCH3 is 1. The maximum atomic E-state index is 12.9. The zero-order valence-corrected chi connectivity index (χ0v) is 19.5. The average Bonchev–Trinajstić information content (AvgIpc) is 3.38. The first-order chi connectivity index (χ1) is 15.0. The van der Waals surface area contributed by atoms with Gasteiger partial charge in [-0.05, 0) is 73.1 Å². The lowest BCUT2D eigenvalue weighted by Crippen LogP contribution is -2.37. The number of nitrogens with zero attached hydrogens (tertiary/aromatic N) is 1. The molecule has 2 fully saturated rings. The van der Waals surface area contributed by atoms with Crippen LogP contribution in [0.5, 0.6) is 11.5 Å². The van der Waals surface area contributed by atoms with Gasteiger partial charge < -0.3 is 19.5 Å². The molecule has 2 aromatic carbocycles. The second-order valence-corrected chi connectivity index (χ2v) is 8.66. The Bertz CT molecular complexity index is 1000. The van der Waals surface area contributed by atoms with E-state index < -0.39 is 0 Å². The predicted molar refractivity (Wildman–Crippen MR) is 126 cm³/mol. The number of rotatable bonds is 7. The van der Waals surface area contributed by atoms with Crippen LogP contribution in [0.1, 0.15) is 24.0 Å². The predicted octanol–water partition coefficient (Wildman–Crippen LogP) is 4.27. The average molecular weight is 503 g/mol. The summed E-state index contributed by atoms with van der Waals surface area (Å²) in [5.74, 6) is 1.35. The molecule has 8 heteroatoms. The van der Waals surface area contributed by atoms with Crippen LogP contribution in [0, 0.1) is 0 Å². The van der Waals surface area contributed by atoms with E-state index in [4.69, 9.17) is 26.4 Å². The van der Waals surface area contributed by atoms with E-state index in [1.807, 2.05) is 42.5 Å². The molecule has 1 amide bonds. The highest BCUT2D eigenvalue weighted by Crippen LogP contribution is 2.25. The quantitative estimate of drug-likeness (QED) is 0.450. The van der Waals surface area contributed by atoms with E-state index in [1.165, 1.54) is 0 Å². The van der Waals surface area contributed by atoms with Crippen molar-refractivity contribution in [2.45, 2.75) is 25.6 Å².